The van der Waals surface area contributed by atoms with Gasteiger partial charge < -0.3 is 5.73 Å². The SMILES string of the molecule is CCN(Cc1ccc(N)cc1C(F)(F)F)C1CC1. The lowest BCUT2D eigenvalue weighted by Gasteiger charge is -2.22. The molecule has 0 saturated heterocycles. The van der Waals surface area contributed by atoms with E-state index in [0.29, 0.717) is 18.2 Å². The Morgan fingerprint density at radius 2 is 2.00 bits per heavy atom. The lowest BCUT2D eigenvalue weighted by atomic mass is 10.1. The third-order valence-electron chi connectivity index (χ3n) is 3.28. The first-order chi connectivity index (χ1) is 8.41. The van der Waals surface area contributed by atoms with Crippen LogP contribution in [0.3, 0.4) is 0 Å². The molecule has 0 amide bonds. The molecule has 18 heavy (non-hydrogen) atoms. The topological polar surface area (TPSA) is 29.3 Å². The van der Waals surface area contributed by atoms with Crippen molar-refractivity contribution < 1.29 is 13.2 Å². The smallest absolute Gasteiger partial charge is 0.399 e. The minimum atomic E-state index is -4.34. The predicted octanol–water partition coefficient (Wildman–Crippen LogP) is 3.27. The Labute approximate surface area is 105 Å². The third kappa shape index (κ3) is 2.96. The van der Waals surface area contributed by atoms with Crippen LogP contribution in [0.15, 0.2) is 18.2 Å². The van der Waals surface area contributed by atoms with Gasteiger partial charge >= 0.3 is 6.18 Å². The van der Waals surface area contributed by atoms with Crippen molar-refractivity contribution in [1.82, 2.24) is 4.90 Å². The molecule has 0 radical (unpaired) electrons. The Morgan fingerprint density at radius 1 is 1.33 bits per heavy atom. The average molecular weight is 258 g/mol. The minimum Gasteiger partial charge on any atom is -0.399 e. The highest BCUT2D eigenvalue weighted by atomic mass is 19.4. The summed E-state index contributed by atoms with van der Waals surface area (Å²) >= 11 is 0. The van der Waals surface area contributed by atoms with Crippen LogP contribution in [0.4, 0.5) is 18.9 Å². The maximum atomic E-state index is 12.9. The van der Waals surface area contributed by atoms with Crippen molar-refractivity contribution in [1.29, 1.82) is 0 Å². The van der Waals surface area contributed by atoms with Crippen molar-refractivity contribution in [2.45, 2.75) is 38.5 Å². The number of hydrogen-bond acceptors (Lipinski definition) is 2. The molecule has 100 valence electrons. The number of rotatable bonds is 4. The fraction of sp³-hybridized carbons (Fsp3) is 0.538. The molecule has 2 nitrogen and oxygen atoms in total. The van der Waals surface area contributed by atoms with Crippen LogP contribution in [0.2, 0.25) is 0 Å². The fourth-order valence-corrected chi connectivity index (χ4v) is 2.15. The first kappa shape index (κ1) is 13.2. The number of alkyl halides is 3. The van der Waals surface area contributed by atoms with Gasteiger partial charge in [0, 0.05) is 18.3 Å². The normalized spacial score (nSPS) is 16.3. The number of hydrogen-bond donors (Lipinski definition) is 1. The lowest BCUT2D eigenvalue weighted by Crippen LogP contribution is -2.26. The van der Waals surface area contributed by atoms with Crippen LogP contribution in [-0.4, -0.2) is 17.5 Å². The van der Waals surface area contributed by atoms with Gasteiger partial charge in [-0.3, -0.25) is 4.90 Å². The molecule has 2 N–H and O–H groups in total. The van der Waals surface area contributed by atoms with Gasteiger partial charge in [-0.2, -0.15) is 13.2 Å². The molecule has 1 saturated carbocycles. The van der Waals surface area contributed by atoms with Crippen LogP contribution < -0.4 is 5.73 Å². The van der Waals surface area contributed by atoms with E-state index in [4.69, 9.17) is 5.73 Å². The molecule has 1 aliphatic rings. The number of nitrogen functional groups attached to an aromatic ring is 1. The summed E-state index contributed by atoms with van der Waals surface area (Å²) in [5, 5.41) is 0. The van der Waals surface area contributed by atoms with Crippen LogP contribution in [0.25, 0.3) is 0 Å². The highest BCUT2D eigenvalue weighted by molar-refractivity contribution is 5.46. The summed E-state index contributed by atoms with van der Waals surface area (Å²) in [6.07, 6.45) is -2.16. The van der Waals surface area contributed by atoms with Gasteiger partial charge in [0.05, 0.1) is 5.56 Å². The second kappa shape index (κ2) is 4.80. The summed E-state index contributed by atoms with van der Waals surface area (Å²) in [6, 6.07) is 4.50. The molecule has 1 fully saturated rings. The molecule has 0 aromatic heterocycles. The number of benzene rings is 1. The minimum absolute atomic E-state index is 0.153. The maximum absolute atomic E-state index is 12.9. The first-order valence-corrected chi connectivity index (χ1v) is 6.11. The largest absolute Gasteiger partial charge is 0.416 e. The van der Waals surface area contributed by atoms with E-state index in [9.17, 15) is 13.2 Å². The monoisotopic (exact) mass is 258 g/mol. The van der Waals surface area contributed by atoms with Gasteiger partial charge in [0.2, 0.25) is 0 Å². The van der Waals surface area contributed by atoms with E-state index in [1.54, 1.807) is 0 Å². The number of halogens is 3. The van der Waals surface area contributed by atoms with Gasteiger partial charge in [-0.05, 0) is 37.1 Å². The molecule has 0 heterocycles. The fourth-order valence-electron chi connectivity index (χ4n) is 2.15. The maximum Gasteiger partial charge on any atom is 0.416 e. The Bertz CT molecular complexity index is 425. The van der Waals surface area contributed by atoms with Crippen LogP contribution in [0, 0.1) is 0 Å². The predicted molar refractivity (Wildman–Crippen MR) is 65.0 cm³/mol. The molecular formula is C13H17F3N2. The zero-order valence-corrected chi connectivity index (χ0v) is 10.3. The van der Waals surface area contributed by atoms with E-state index >= 15 is 0 Å². The van der Waals surface area contributed by atoms with Crippen molar-refractivity contribution in [3.05, 3.63) is 29.3 Å². The number of anilines is 1. The zero-order chi connectivity index (χ0) is 13.3. The molecule has 1 aromatic rings. The summed E-state index contributed by atoms with van der Waals surface area (Å²) in [5.41, 5.74) is 5.30. The van der Waals surface area contributed by atoms with E-state index in [0.717, 1.165) is 25.5 Å². The standard InChI is InChI=1S/C13H17F3N2/c1-2-18(11-5-6-11)8-9-3-4-10(17)7-12(9)13(14,15)16/h3-4,7,11H,2,5-6,8,17H2,1H3. The summed E-state index contributed by atoms with van der Waals surface area (Å²) in [6.45, 7) is 3.09. The molecule has 0 spiro atoms. The van der Waals surface area contributed by atoms with E-state index in [-0.39, 0.29) is 5.69 Å². The van der Waals surface area contributed by atoms with Crippen LogP contribution in [0.1, 0.15) is 30.9 Å². The van der Waals surface area contributed by atoms with E-state index < -0.39 is 11.7 Å². The third-order valence-corrected chi connectivity index (χ3v) is 3.28. The van der Waals surface area contributed by atoms with Gasteiger partial charge in [-0.25, -0.2) is 0 Å². The molecule has 1 aliphatic carbocycles. The molecular weight excluding hydrogens is 241 g/mol. The zero-order valence-electron chi connectivity index (χ0n) is 10.3. The van der Waals surface area contributed by atoms with Gasteiger partial charge in [-0.15, -0.1) is 0 Å². The summed E-state index contributed by atoms with van der Waals surface area (Å²) in [5.74, 6) is 0. The van der Waals surface area contributed by atoms with Gasteiger partial charge in [0.1, 0.15) is 0 Å². The van der Waals surface area contributed by atoms with Gasteiger partial charge in [-0.1, -0.05) is 13.0 Å². The van der Waals surface area contributed by atoms with Crippen molar-refractivity contribution in [3.8, 4) is 0 Å². The summed E-state index contributed by atoms with van der Waals surface area (Å²) in [4.78, 5) is 2.08. The van der Waals surface area contributed by atoms with Crippen molar-refractivity contribution in [2.75, 3.05) is 12.3 Å². The Hall–Kier alpha value is -1.23. The Morgan fingerprint density at radius 3 is 2.50 bits per heavy atom. The van der Waals surface area contributed by atoms with Gasteiger partial charge in [0.25, 0.3) is 0 Å². The summed E-state index contributed by atoms with van der Waals surface area (Å²) in [7, 11) is 0. The highest BCUT2D eigenvalue weighted by Crippen LogP contribution is 2.35. The van der Waals surface area contributed by atoms with Gasteiger partial charge in [0.15, 0.2) is 0 Å². The van der Waals surface area contributed by atoms with Crippen molar-refractivity contribution >= 4 is 5.69 Å². The van der Waals surface area contributed by atoms with E-state index in [1.807, 2.05) is 6.92 Å². The second-order valence-electron chi connectivity index (χ2n) is 4.71. The molecule has 5 heteroatoms. The quantitative estimate of drug-likeness (QED) is 0.840. The number of nitrogens with zero attached hydrogens (tertiary/aromatic N) is 1. The van der Waals surface area contributed by atoms with E-state index in [1.165, 1.54) is 12.1 Å². The lowest BCUT2D eigenvalue weighted by molar-refractivity contribution is -0.138. The van der Waals surface area contributed by atoms with Crippen LogP contribution >= 0.6 is 0 Å². The molecule has 0 unspecified atom stereocenters. The molecule has 0 atom stereocenters. The highest BCUT2D eigenvalue weighted by Gasteiger charge is 2.35. The summed E-state index contributed by atoms with van der Waals surface area (Å²) < 4.78 is 38.8. The van der Waals surface area contributed by atoms with Crippen LogP contribution in [-0.2, 0) is 12.7 Å². The number of nitrogens with two attached hydrogens (primary N) is 1. The van der Waals surface area contributed by atoms with Crippen LogP contribution in [0.5, 0.6) is 0 Å². The Kier molecular flexibility index (Phi) is 3.52. The molecule has 1 aromatic carbocycles. The second-order valence-corrected chi connectivity index (χ2v) is 4.71. The first-order valence-electron chi connectivity index (χ1n) is 6.11. The van der Waals surface area contributed by atoms with E-state index in [2.05, 4.69) is 4.90 Å². The molecule has 0 aliphatic heterocycles. The van der Waals surface area contributed by atoms with Crippen molar-refractivity contribution in [3.63, 3.8) is 0 Å². The average Bonchev–Trinajstić information content (AvgIpc) is 3.10. The molecule has 2 rings (SSSR count). The Balaban J connectivity index is 2.26. The van der Waals surface area contributed by atoms with Crippen molar-refractivity contribution in [2.24, 2.45) is 0 Å². The molecule has 0 bridgehead atoms.